The van der Waals surface area contributed by atoms with Gasteiger partial charge in [0.05, 0.1) is 17.7 Å². The van der Waals surface area contributed by atoms with Crippen LogP contribution >= 0.6 is 39.1 Å². The Balaban J connectivity index is 2.31. The zero-order chi connectivity index (χ0) is 14.7. The standard InChI is InChI=1S/C14H10BrCl2NO2/c1-20-13-11(6-9(16)7-12(13)17)14(19)18-10-4-2-8(15)3-5-10/h2-7H,1H3,(H,18,19). The van der Waals surface area contributed by atoms with Gasteiger partial charge in [-0.2, -0.15) is 0 Å². The molecule has 3 nitrogen and oxygen atoms in total. The third-order valence-electron chi connectivity index (χ3n) is 2.56. The van der Waals surface area contributed by atoms with E-state index in [1.54, 1.807) is 12.1 Å². The molecule has 104 valence electrons. The van der Waals surface area contributed by atoms with Gasteiger partial charge in [0.1, 0.15) is 5.75 Å². The number of benzene rings is 2. The highest BCUT2D eigenvalue weighted by atomic mass is 79.9. The largest absolute Gasteiger partial charge is 0.494 e. The van der Waals surface area contributed by atoms with Crippen LogP contribution in [0.25, 0.3) is 0 Å². The van der Waals surface area contributed by atoms with Crippen molar-refractivity contribution in [2.75, 3.05) is 12.4 Å². The monoisotopic (exact) mass is 373 g/mol. The van der Waals surface area contributed by atoms with E-state index in [2.05, 4.69) is 21.2 Å². The van der Waals surface area contributed by atoms with E-state index in [0.29, 0.717) is 21.5 Å². The van der Waals surface area contributed by atoms with Crippen molar-refractivity contribution in [2.24, 2.45) is 0 Å². The number of nitrogens with one attached hydrogen (secondary N) is 1. The van der Waals surface area contributed by atoms with Gasteiger partial charge in [0.2, 0.25) is 0 Å². The Kier molecular flexibility index (Phi) is 4.91. The first-order valence-corrected chi connectivity index (χ1v) is 7.16. The van der Waals surface area contributed by atoms with Crippen LogP contribution in [-0.2, 0) is 0 Å². The van der Waals surface area contributed by atoms with Gasteiger partial charge in [-0.1, -0.05) is 39.1 Å². The maximum atomic E-state index is 12.3. The molecule has 0 aliphatic carbocycles. The molecule has 0 fully saturated rings. The summed E-state index contributed by atoms with van der Waals surface area (Å²) in [6.45, 7) is 0. The summed E-state index contributed by atoms with van der Waals surface area (Å²) in [4.78, 5) is 12.3. The van der Waals surface area contributed by atoms with E-state index in [0.717, 1.165) is 4.47 Å². The molecule has 0 bridgehead atoms. The summed E-state index contributed by atoms with van der Waals surface area (Å²) in [5.74, 6) is -0.0424. The van der Waals surface area contributed by atoms with Crippen LogP contribution in [-0.4, -0.2) is 13.0 Å². The smallest absolute Gasteiger partial charge is 0.259 e. The number of halogens is 3. The molecule has 0 aliphatic rings. The zero-order valence-electron chi connectivity index (χ0n) is 10.4. The maximum Gasteiger partial charge on any atom is 0.259 e. The van der Waals surface area contributed by atoms with Gasteiger partial charge in [-0.05, 0) is 36.4 Å². The van der Waals surface area contributed by atoms with Crippen molar-refractivity contribution in [1.29, 1.82) is 0 Å². The molecule has 0 saturated carbocycles. The van der Waals surface area contributed by atoms with Crippen LogP contribution < -0.4 is 10.1 Å². The van der Waals surface area contributed by atoms with Crippen molar-refractivity contribution < 1.29 is 9.53 Å². The van der Waals surface area contributed by atoms with Crippen LogP contribution in [0.2, 0.25) is 10.0 Å². The lowest BCUT2D eigenvalue weighted by Gasteiger charge is -2.11. The Bertz CT molecular complexity index is 644. The van der Waals surface area contributed by atoms with E-state index in [-0.39, 0.29) is 11.5 Å². The van der Waals surface area contributed by atoms with E-state index in [9.17, 15) is 4.79 Å². The molecule has 0 aliphatic heterocycles. The summed E-state index contributed by atoms with van der Waals surface area (Å²) in [7, 11) is 1.45. The Labute approximate surface area is 135 Å². The first kappa shape index (κ1) is 15.2. The average Bonchev–Trinajstić information content (AvgIpc) is 2.40. The number of hydrogen-bond donors (Lipinski definition) is 1. The van der Waals surface area contributed by atoms with Crippen LogP contribution in [0.5, 0.6) is 5.75 Å². The molecule has 0 saturated heterocycles. The number of hydrogen-bond acceptors (Lipinski definition) is 2. The van der Waals surface area contributed by atoms with E-state index in [4.69, 9.17) is 27.9 Å². The minimum atomic E-state index is -0.339. The van der Waals surface area contributed by atoms with E-state index in [1.807, 2.05) is 12.1 Å². The Morgan fingerprint density at radius 1 is 1.20 bits per heavy atom. The van der Waals surface area contributed by atoms with Gasteiger partial charge >= 0.3 is 0 Å². The summed E-state index contributed by atoms with van der Waals surface area (Å²) < 4.78 is 6.08. The predicted molar refractivity (Wildman–Crippen MR) is 85.1 cm³/mol. The fraction of sp³-hybridized carbons (Fsp3) is 0.0714. The second kappa shape index (κ2) is 6.48. The molecular formula is C14H10BrCl2NO2. The molecule has 0 radical (unpaired) electrons. The number of methoxy groups -OCH3 is 1. The molecule has 1 amide bonds. The lowest BCUT2D eigenvalue weighted by Crippen LogP contribution is -2.13. The number of anilines is 1. The fourth-order valence-corrected chi connectivity index (χ4v) is 2.50. The highest BCUT2D eigenvalue weighted by molar-refractivity contribution is 9.10. The van der Waals surface area contributed by atoms with Crippen LogP contribution in [0.15, 0.2) is 40.9 Å². The number of rotatable bonds is 3. The van der Waals surface area contributed by atoms with Crippen LogP contribution in [0, 0.1) is 0 Å². The van der Waals surface area contributed by atoms with Crippen molar-refractivity contribution in [3.63, 3.8) is 0 Å². The predicted octanol–water partition coefficient (Wildman–Crippen LogP) is 5.02. The molecule has 0 spiro atoms. The number of carbonyl (C=O) groups is 1. The SMILES string of the molecule is COc1c(Cl)cc(Cl)cc1C(=O)Nc1ccc(Br)cc1. The van der Waals surface area contributed by atoms with Gasteiger partial charge in [-0.25, -0.2) is 0 Å². The third-order valence-corrected chi connectivity index (χ3v) is 3.59. The lowest BCUT2D eigenvalue weighted by molar-refractivity contribution is 0.102. The van der Waals surface area contributed by atoms with Gasteiger partial charge in [0.15, 0.2) is 0 Å². The van der Waals surface area contributed by atoms with Gasteiger partial charge in [-0.15, -0.1) is 0 Å². The van der Waals surface area contributed by atoms with Gasteiger partial charge in [0, 0.05) is 15.2 Å². The highest BCUT2D eigenvalue weighted by Crippen LogP contribution is 2.32. The fourth-order valence-electron chi connectivity index (χ4n) is 1.67. The van der Waals surface area contributed by atoms with Crippen LogP contribution in [0.3, 0.4) is 0 Å². The molecule has 0 unspecified atom stereocenters. The molecule has 6 heteroatoms. The Morgan fingerprint density at radius 3 is 2.45 bits per heavy atom. The van der Waals surface area contributed by atoms with Crippen LogP contribution in [0.4, 0.5) is 5.69 Å². The minimum absolute atomic E-state index is 0.285. The van der Waals surface area contributed by atoms with Crippen molar-refractivity contribution in [3.05, 3.63) is 56.5 Å². The van der Waals surface area contributed by atoms with E-state index >= 15 is 0 Å². The van der Waals surface area contributed by atoms with Crippen molar-refractivity contribution in [2.45, 2.75) is 0 Å². The Hall–Kier alpha value is -1.23. The third kappa shape index (κ3) is 3.45. The molecule has 0 atom stereocenters. The van der Waals surface area contributed by atoms with Crippen molar-refractivity contribution >= 4 is 50.7 Å². The summed E-state index contributed by atoms with van der Waals surface area (Å²) in [6.07, 6.45) is 0. The summed E-state index contributed by atoms with van der Waals surface area (Å²) in [6, 6.07) is 10.3. The second-order valence-corrected chi connectivity index (χ2v) is 5.69. The van der Waals surface area contributed by atoms with Crippen molar-refractivity contribution in [3.8, 4) is 5.75 Å². The van der Waals surface area contributed by atoms with Gasteiger partial charge in [0.25, 0.3) is 5.91 Å². The molecule has 2 aromatic rings. The number of carbonyl (C=O) groups excluding carboxylic acids is 1. The Morgan fingerprint density at radius 2 is 1.85 bits per heavy atom. The first-order valence-electron chi connectivity index (χ1n) is 5.61. The van der Waals surface area contributed by atoms with Gasteiger partial charge < -0.3 is 10.1 Å². The molecule has 1 N–H and O–H groups in total. The first-order chi connectivity index (χ1) is 9.51. The van der Waals surface area contributed by atoms with Gasteiger partial charge in [-0.3, -0.25) is 4.79 Å². The maximum absolute atomic E-state index is 12.3. The molecular weight excluding hydrogens is 365 g/mol. The highest BCUT2D eigenvalue weighted by Gasteiger charge is 2.16. The minimum Gasteiger partial charge on any atom is -0.494 e. The zero-order valence-corrected chi connectivity index (χ0v) is 13.5. The van der Waals surface area contributed by atoms with Crippen LogP contribution in [0.1, 0.15) is 10.4 Å². The quantitative estimate of drug-likeness (QED) is 0.819. The molecule has 2 rings (SSSR count). The number of ether oxygens (including phenoxy) is 1. The summed E-state index contributed by atoms with van der Waals surface area (Å²) in [5, 5.41) is 3.42. The molecule has 2 aromatic carbocycles. The van der Waals surface area contributed by atoms with Crippen molar-refractivity contribution in [1.82, 2.24) is 0 Å². The second-order valence-electron chi connectivity index (χ2n) is 3.93. The van der Waals surface area contributed by atoms with E-state index < -0.39 is 0 Å². The topological polar surface area (TPSA) is 38.3 Å². The molecule has 0 aromatic heterocycles. The average molecular weight is 375 g/mol. The normalized spacial score (nSPS) is 10.2. The molecule has 20 heavy (non-hydrogen) atoms. The number of amides is 1. The molecule has 0 heterocycles. The lowest BCUT2D eigenvalue weighted by atomic mass is 10.1. The summed E-state index contributed by atoms with van der Waals surface area (Å²) >= 11 is 15.3. The van der Waals surface area contributed by atoms with E-state index in [1.165, 1.54) is 19.2 Å². The summed E-state index contributed by atoms with van der Waals surface area (Å²) in [5.41, 5.74) is 0.948.